The molecule has 0 bridgehead atoms. The molecular weight excluding hydrogens is 362 g/mol. The van der Waals surface area contributed by atoms with Gasteiger partial charge in [-0.3, -0.25) is 4.90 Å². The molecule has 0 atom stereocenters. The molecule has 0 aliphatic heterocycles. The van der Waals surface area contributed by atoms with E-state index in [-0.39, 0.29) is 5.75 Å². The minimum Gasteiger partial charge on any atom is -0.508 e. The van der Waals surface area contributed by atoms with Crippen molar-refractivity contribution in [1.29, 1.82) is 0 Å². The van der Waals surface area contributed by atoms with E-state index < -0.39 is 6.03 Å². The van der Waals surface area contributed by atoms with E-state index >= 15 is 0 Å². The van der Waals surface area contributed by atoms with Crippen LogP contribution in [0, 0.1) is 0 Å². The number of fused-ring (bicyclic) bond motifs is 1. The Bertz CT molecular complexity index is 1140. The summed E-state index contributed by atoms with van der Waals surface area (Å²) in [4.78, 5) is 22.4. The Morgan fingerprint density at radius 3 is 2.56 bits per heavy atom. The average Bonchev–Trinajstić information content (AvgIpc) is 3.08. The number of anilines is 3. The summed E-state index contributed by atoms with van der Waals surface area (Å²) < 4.78 is 0. The van der Waals surface area contributed by atoms with Crippen LogP contribution in [0.2, 0.25) is 0 Å². The van der Waals surface area contributed by atoms with Crippen LogP contribution in [-0.2, 0) is 0 Å². The summed E-state index contributed by atoms with van der Waals surface area (Å²) >= 11 is 1.49. The van der Waals surface area contributed by atoms with Crippen LogP contribution < -0.4 is 16.4 Å². The molecule has 0 radical (unpaired) electrons. The summed E-state index contributed by atoms with van der Waals surface area (Å²) in [6, 6.07) is 13.0. The summed E-state index contributed by atoms with van der Waals surface area (Å²) in [7, 11) is 0. The van der Waals surface area contributed by atoms with Gasteiger partial charge in [0.05, 0.1) is 16.8 Å². The maximum absolute atomic E-state index is 12.0. The van der Waals surface area contributed by atoms with Crippen LogP contribution in [0.25, 0.3) is 21.3 Å². The van der Waals surface area contributed by atoms with E-state index in [1.165, 1.54) is 34.7 Å². The number of aromatic hydroxyl groups is 1. The number of carbonyl (C=O) groups is 1. The highest BCUT2D eigenvalue weighted by Gasteiger charge is 2.17. The van der Waals surface area contributed by atoms with Crippen molar-refractivity contribution in [1.82, 2.24) is 9.97 Å². The zero-order valence-corrected chi connectivity index (χ0v) is 14.9. The Morgan fingerprint density at radius 1 is 1.07 bits per heavy atom. The first-order chi connectivity index (χ1) is 13.0. The first-order valence-electron chi connectivity index (χ1n) is 8.01. The SMILES string of the molecule is NC(=O)N(c1ccc(-c2csc3ncnc(N)c23)cc1)c1cccc(O)c1. The molecule has 4 rings (SSSR count). The number of thiophene rings is 1. The maximum atomic E-state index is 12.0. The van der Waals surface area contributed by atoms with Gasteiger partial charge in [0.15, 0.2) is 0 Å². The lowest BCUT2D eigenvalue weighted by atomic mass is 10.1. The molecule has 0 aliphatic rings. The number of nitrogens with two attached hydrogens (primary N) is 2. The van der Waals surface area contributed by atoms with Crippen molar-refractivity contribution in [3.8, 4) is 16.9 Å². The summed E-state index contributed by atoms with van der Waals surface area (Å²) in [5.41, 5.74) is 14.5. The molecule has 2 aromatic carbocycles. The van der Waals surface area contributed by atoms with E-state index in [0.29, 0.717) is 17.2 Å². The van der Waals surface area contributed by atoms with E-state index in [1.807, 2.05) is 17.5 Å². The van der Waals surface area contributed by atoms with Crippen molar-refractivity contribution in [3.05, 3.63) is 60.2 Å². The van der Waals surface area contributed by atoms with Gasteiger partial charge >= 0.3 is 6.03 Å². The standard InChI is InChI=1S/C19H15N5O2S/c20-17-16-15(9-27-18(16)23-10-22-17)11-4-6-12(7-5-11)24(19(21)26)13-2-1-3-14(25)8-13/h1-10,25H,(H2,21,26)(H2,20,22,23). The van der Waals surface area contributed by atoms with Crippen molar-refractivity contribution in [2.75, 3.05) is 10.6 Å². The van der Waals surface area contributed by atoms with Gasteiger partial charge in [-0.25, -0.2) is 14.8 Å². The topological polar surface area (TPSA) is 118 Å². The van der Waals surface area contributed by atoms with Crippen molar-refractivity contribution in [2.45, 2.75) is 0 Å². The summed E-state index contributed by atoms with van der Waals surface area (Å²) in [6.45, 7) is 0. The maximum Gasteiger partial charge on any atom is 0.323 e. The van der Waals surface area contributed by atoms with E-state index in [2.05, 4.69) is 9.97 Å². The highest BCUT2D eigenvalue weighted by atomic mass is 32.1. The molecule has 0 saturated heterocycles. The fourth-order valence-corrected chi connectivity index (χ4v) is 3.86. The van der Waals surface area contributed by atoms with Crippen molar-refractivity contribution in [2.24, 2.45) is 5.73 Å². The molecule has 8 heteroatoms. The van der Waals surface area contributed by atoms with Gasteiger partial charge in [0.1, 0.15) is 22.7 Å². The van der Waals surface area contributed by atoms with Gasteiger partial charge in [0.25, 0.3) is 0 Å². The molecule has 7 nitrogen and oxygen atoms in total. The molecule has 0 unspecified atom stereocenters. The van der Waals surface area contributed by atoms with Crippen molar-refractivity contribution in [3.63, 3.8) is 0 Å². The van der Waals surface area contributed by atoms with Crippen LogP contribution >= 0.6 is 11.3 Å². The molecule has 134 valence electrons. The van der Waals surface area contributed by atoms with Crippen molar-refractivity contribution >= 4 is 44.8 Å². The third-order valence-corrected chi connectivity index (χ3v) is 5.03. The molecular formula is C19H15N5O2S. The molecule has 0 spiro atoms. The Balaban J connectivity index is 1.75. The second-order valence-corrected chi connectivity index (χ2v) is 6.69. The van der Waals surface area contributed by atoms with Gasteiger partial charge in [-0.1, -0.05) is 18.2 Å². The van der Waals surface area contributed by atoms with Gasteiger partial charge in [0.2, 0.25) is 0 Å². The van der Waals surface area contributed by atoms with Crippen molar-refractivity contribution < 1.29 is 9.90 Å². The van der Waals surface area contributed by atoms with Gasteiger partial charge < -0.3 is 16.6 Å². The number of hydrogen-bond acceptors (Lipinski definition) is 6. The van der Waals surface area contributed by atoms with Crippen LogP contribution in [0.1, 0.15) is 0 Å². The normalized spacial score (nSPS) is 10.8. The fourth-order valence-electron chi connectivity index (χ4n) is 2.94. The Labute approximate surface area is 158 Å². The van der Waals surface area contributed by atoms with Gasteiger partial charge in [-0.05, 0) is 29.8 Å². The molecule has 0 aliphatic carbocycles. The minimum atomic E-state index is -0.646. The number of hydrogen-bond donors (Lipinski definition) is 3. The molecule has 27 heavy (non-hydrogen) atoms. The van der Waals surface area contributed by atoms with E-state index in [1.54, 1.807) is 24.3 Å². The van der Waals surface area contributed by atoms with Crippen LogP contribution in [0.3, 0.4) is 0 Å². The van der Waals surface area contributed by atoms with Crippen LogP contribution in [0.4, 0.5) is 22.0 Å². The average molecular weight is 377 g/mol. The zero-order valence-electron chi connectivity index (χ0n) is 14.0. The number of nitrogen functional groups attached to an aromatic ring is 1. The first-order valence-corrected chi connectivity index (χ1v) is 8.89. The first kappa shape index (κ1) is 16.8. The van der Waals surface area contributed by atoms with E-state index in [9.17, 15) is 9.90 Å². The number of amides is 2. The monoisotopic (exact) mass is 377 g/mol. The summed E-state index contributed by atoms with van der Waals surface area (Å²) in [6.07, 6.45) is 1.45. The molecule has 4 aromatic rings. The van der Waals surface area contributed by atoms with Gasteiger partial charge in [-0.15, -0.1) is 11.3 Å². The Kier molecular flexibility index (Phi) is 4.09. The number of primary amides is 1. The predicted molar refractivity (Wildman–Crippen MR) is 107 cm³/mol. The quantitative estimate of drug-likeness (QED) is 0.501. The van der Waals surface area contributed by atoms with E-state index in [0.717, 1.165) is 21.3 Å². The highest BCUT2D eigenvalue weighted by molar-refractivity contribution is 7.17. The number of aromatic nitrogens is 2. The molecule has 5 N–H and O–H groups in total. The number of carbonyl (C=O) groups excluding carboxylic acids is 1. The lowest BCUT2D eigenvalue weighted by molar-refractivity contribution is 0.256. The van der Waals surface area contributed by atoms with Gasteiger partial charge in [-0.2, -0.15) is 0 Å². The summed E-state index contributed by atoms with van der Waals surface area (Å²) in [5, 5.41) is 12.5. The second-order valence-electron chi connectivity index (χ2n) is 5.83. The number of benzene rings is 2. The van der Waals surface area contributed by atoms with Crippen LogP contribution in [0.5, 0.6) is 5.75 Å². The summed E-state index contributed by atoms with van der Waals surface area (Å²) in [5.74, 6) is 0.481. The third kappa shape index (κ3) is 3.02. The smallest absolute Gasteiger partial charge is 0.323 e. The fraction of sp³-hybridized carbons (Fsp3) is 0. The lowest BCUT2D eigenvalue weighted by Crippen LogP contribution is -2.31. The molecule has 2 aromatic heterocycles. The lowest BCUT2D eigenvalue weighted by Gasteiger charge is -2.21. The minimum absolute atomic E-state index is 0.0515. The third-order valence-electron chi connectivity index (χ3n) is 4.14. The zero-order chi connectivity index (χ0) is 19.0. The Hall–Kier alpha value is -3.65. The van der Waals surface area contributed by atoms with Gasteiger partial charge in [0, 0.05) is 17.0 Å². The predicted octanol–water partition coefficient (Wildman–Crippen LogP) is 3.86. The number of urea groups is 1. The van der Waals surface area contributed by atoms with Crippen LogP contribution in [-0.4, -0.2) is 21.1 Å². The molecule has 2 heterocycles. The molecule has 2 amide bonds. The molecule has 0 saturated carbocycles. The number of phenolic OH excluding ortho intramolecular Hbond substituents is 1. The Morgan fingerprint density at radius 2 is 1.85 bits per heavy atom. The number of nitrogens with zero attached hydrogens (tertiary/aromatic N) is 3. The highest BCUT2D eigenvalue weighted by Crippen LogP contribution is 2.36. The largest absolute Gasteiger partial charge is 0.508 e. The van der Waals surface area contributed by atoms with Crippen LogP contribution in [0.15, 0.2) is 60.2 Å². The number of phenols is 1. The number of rotatable bonds is 3. The molecule has 0 fully saturated rings. The van der Waals surface area contributed by atoms with E-state index in [4.69, 9.17) is 11.5 Å². The second kappa shape index (κ2) is 6.58.